The van der Waals surface area contributed by atoms with E-state index in [1.54, 1.807) is 25.2 Å². The maximum Gasteiger partial charge on any atom is 0.303 e. The largest absolute Gasteiger partial charge is 0.497 e. The average molecular weight is 267 g/mol. The molecule has 0 saturated heterocycles. The molecule has 1 N–H and O–H groups in total. The number of carboxylic acids is 1. The van der Waals surface area contributed by atoms with Gasteiger partial charge in [0.2, 0.25) is 5.91 Å². The van der Waals surface area contributed by atoms with E-state index < -0.39 is 5.97 Å². The summed E-state index contributed by atoms with van der Waals surface area (Å²) in [6.07, 6.45) is -0.262. The van der Waals surface area contributed by atoms with E-state index in [1.807, 2.05) is 0 Å². The average Bonchev–Trinajstić information content (AvgIpc) is 2.42. The molecular weight excluding hydrogens is 250 g/mol. The molecule has 19 heavy (non-hydrogen) atoms. The van der Waals surface area contributed by atoms with Crippen LogP contribution < -0.4 is 14.4 Å². The van der Waals surface area contributed by atoms with Crippen LogP contribution in [0.5, 0.6) is 11.5 Å². The number of aliphatic carboxylic acids is 1. The van der Waals surface area contributed by atoms with Crippen molar-refractivity contribution in [1.29, 1.82) is 0 Å². The highest BCUT2D eigenvalue weighted by Gasteiger charge is 2.17. The molecule has 1 rings (SSSR count). The summed E-state index contributed by atoms with van der Waals surface area (Å²) >= 11 is 0. The Bertz CT molecular complexity index is 472. The second-order valence-electron chi connectivity index (χ2n) is 3.88. The fourth-order valence-electron chi connectivity index (χ4n) is 1.57. The van der Waals surface area contributed by atoms with Crippen LogP contribution in [0.1, 0.15) is 12.8 Å². The number of carboxylic acid groups (broad SMARTS) is 1. The van der Waals surface area contributed by atoms with Gasteiger partial charge in [0.15, 0.2) is 0 Å². The Morgan fingerprint density at radius 2 is 1.89 bits per heavy atom. The summed E-state index contributed by atoms with van der Waals surface area (Å²) < 4.78 is 10.3. The topological polar surface area (TPSA) is 76.1 Å². The number of rotatable bonds is 6. The van der Waals surface area contributed by atoms with E-state index in [0.717, 1.165) is 0 Å². The Kier molecular flexibility index (Phi) is 5.17. The summed E-state index contributed by atoms with van der Waals surface area (Å²) in [5.41, 5.74) is 0.539. The lowest BCUT2D eigenvalue weighted by Crippen LogP contribution is -2.27. The lowest BCUT2D eigenvalue weighted by Gasteiger charge is -2.20. The molecule has 0 fully saturated rings. The lowest BCUT2D eigenvalue weighted by atomic mass is 10.2. The van der Waals surface area contributed by atoms with Crippen LogP contribution in [0.2, 0.25) is 0 Å². The van der Waals surface area contributed by atoms with Gasteiger partial charge in [-0.05, 0) is 12.1 Å². The van der Waals surface area contributed by atoms with Crippen LogP contribution in [0.15, 0.2) is 18.2 Å². The van der Waals surface area contributed by atoms with Gasteiger partial charge in [0.05, 0.1) is 26.3 Å². The molecule has 0 aliphatic carbocycles. The van der Waals surface area contributed by atoms with Crippen LogP contribution >= 0.6 is 0 Å². The summed E-state index contributed by atoms with van der Waals surface area (Å²) in [6.45, 7) is 0. The molecule has 1 amide bonds. The minimum atomic E-state index is -1.00. The van der Waals surface area contributed by atoms with Crippen molar-refractivity contribution in [3.05, 3.63) is 18.2 Å². The van der Waals surface area contributed by atoms with Gasteiger partial charge >= 0.3 is 5.97 Å². The van der Waals surface area contributed by atoms with Crippen molar-refractivity contribution in [1.82, 2.24) is 0 Å². The molecule has 0 unspecified atom stereocenters. The maximum absolute atomic E-state index is 11.9. The van der Waals surface area contributed by atoms with Crippen LogP contribution in [-0.2, 0) is 9.59 Å². The van der Waals surface area contributed by atoms with Gasteiger partial charge in [-0.25, -0.2) is 0 Å². The van der Waals surface area contributed by atoms with E-state index in [2.05, 4.69) is 0 Å². The SMILES string of the molecule is COc1ccc(OC)c(N(C)C(=O)CCC(=O)O)c1. The number of benzene rings is 1. The smallest absolute Gasteiger partial charge is 0.303 e. The van der Waals surface area contributed by atoms with Crippen molar-refractivity contribution >= 4 is 17.6 Å². The summed E-state index contributed by atoms with van der Waals surface area (Å²) in [6, 6.07) is 5.07. The van der Waals surface area contributed by atoms with Gasteiger partial charge in [-0.1, -0.05) is 0 Å². The first-order valence-corrected chi connectivity index (χ1v) is 5.70. The van der Waals surface area contributed by atoms with Gasteiger partial charge in [0, 0.05) is 19.5 Å². The van der Waals surface area contributed by atoms with E-state index in [9.17, 15) is 9.59 Å². The normalized spacial score (nSPS) is 9.84. The van der Waals surface area contributed by atoms with Crippen LogP contribution in [-0.4, -0.2) is 38.3 Å². The van der Waals surface area contributed by atoms with Gasteiger partial charge in [-0.2, -0.15) is 0 Å². The number of hydrogen-bond donors (Lipinski definition) is 1. The Balaban J connectivity index is 2.93. The number of anilines is 1. The number of carbonyl (C=O) groups is 2. The zero-order valence-corrected chi connectivity index (χ0v) is 11.2. The highest BCUT2D eigenvalue weighted by atomic mass is 16.5. The Labute approximate surface area is 111 Å². The summed E-state index contributed by atoms with van der Waals surface area (Å²) in [5, 5.41) is 8.58. The monoisotopic (exact) mass is 267 g/mol. The fraction of sp³-hybridized carbons (Fsp3) is 0.385. The van der Waals surface area contributed by atoms with Gasteiger partial charge in [-0.15, -0.1) is 0 Å². The minimum Gasteiger partial charge on any atom is -0.497 e. The van der Waals surface area contributed by atoms with Crippen molar-refractivity contribution in [3.63, 3.8) is 0 Å². The number of carbonyl (C=O) groups excluding carboxylic acids is 1. The third-order valence-corrected chi connectivity index (χ3v) is 2.67. The number of ether oxygens (including phenoxy) is 2. The van der Waals surface area contributed by atoms with E-state index in [1.165, 1.54) is 19.1 Å². The van der Waals surface area contributed by atoms with Crippen molar-refractivity contribution < 1.29 is 24.2 Å². The molecular formula is C13H17NO5. The van der Waals surface area contributed by atoms with Crippen molar-refractivity contribution in [3.8, 4) is 11.5 Å². The Hall–Kier alpha value is -2.24. The molecule has 1 aromatic carbocycles. The third-order valence-electron chi connectivity index (χ3n) is 2.67. The van der Waals surface area contributed by atoms with E-state index >= 15 is 0 Å². The van der Waals surface area contributed by atoms with Crippen molar-refractivity contribution in [2.24, 2.45) is 0 Å². The first-order valence-electron chi connectivity index (χ1n) is 5.70. The van der Waals surface area contributed by atoms with Crippen molar-refractivity contribution in [2.75, 3.05) is 26.2 Å². The second-order valence-corrected chi connectivity index (χ2v) is 3.88. The van der Waals surface area contributed by atoms with Crippen LogP contribution in [0.4, 0.5) is 5.69 Å². The van der Waals surface area contributed by atoms with Crippen LogP contribution in [0, 0.1) is 0 Å². The predicted molar refractivity (Wildman–Crippen MR) is 69.8 cm³/mol. The first kappa shape index (κ1) is 14.8. The molecule has 6 heteroatoms. The maximum atomic E-state index is 11.9. The molecule has 0 aromatic heterocycles. The minimum absolute atomic E-state index is 0.0633. The molecule has 0 bridgehead atoms. The highest BCUT2D eigenvalue weighted by Crippen LogP contribution is 2.31. The van der Waals surface area contributed by atoms with Gasteiger partial charge in [0.25, 0.3) is 0 Å². The molecule has 1 aromatic rings. The fourth-order valence-corrected chi connectivity index (χ4v) is 1.57. The molecule has 0 atom stereocenters. The number of amides is 1. The second kappa shape index (κ2) is 6.63. The van der Waals surface area contributed by atoms with Crippen molar-refractivity contribution in [2.45, 2.75) is 12.8 Å². The molecule has 104 valence electrons. The number of nitrogens with zero attached hydrogens (tertiary/aromatic N) is 1. The number of methoxy groups -OCH3 is 2. The summed E-state index contributed by atoms with van der Waals surface area (Å²) in [5.74, 6) is -0.186. The zero-order chi connectivity index (χ0) is 14.4. The van der Waals surface area contributed by atoms with Gasteiger partial charge < -0.3 is 19.5 Å². The molecule has 0 aliphatic rings. The molecule has 0 aliphatic heterocycles. The summed E-state index contributed by atoms with van der Waals surface area (Å²) in [7, 11) is 4.60. The van der Waals surface area contributed by atoms with E-state index in [4.69, 9.17) is 14.6 Å². The highest BCUT2D eigenvalue weighted by molar-refractivity contribution is 5.95. The molecule has 0 saturated carbocycles. The molecule has 6 nitrogen and oxygen atoms in total. The Morgan fingerprint density at radius 3 is 2.42 bits per heavy atom. The van der Waals surface area contributed by atoms with E-state index in [0.29, 0.717) is 17.2 Å². The third kappa shape index (κ3) is 3.87. The van der Waals surface area contributed by atoms with E-state index in [-0.39, 0.29) is 18.7 Å². The standard InChI is InChI=1S/C13H17NO5/c1-14(12(15)6-7-13(16)17)10-8-9(18-2)4-5-11(10)19-3/h4-5,8H,6-7H2,1-3H3,(H,16,17). The molecule has 0 spiro atoms. The molecule has 0 radical (unpaired) electrons. The predicted octanol–water partition coefficient (Wildman–Crippen LogP) is 1.53. The summed E-state index contributed by atoms with van der Waals surface area (Å²) in [4.78, 5) is 23.7. The van der Waals surface area contributed by atoms with Gasteiger partial charge in [-0.3, -0.25) is 9.59 Å². The zero-order valence-electron chi connectivity index (χ0n) is 11.2. The first-order chi connectivity index (χ1) is 8.99. The van der Waals surface area contributed by atoms with Crippen LogP contribution in [0.25, 0.3) is 0 Å². The Morgan fingerprint density at radius 1 is 1.21 bits per heavy atom. The van der Waals surface area contributed by atoms with Gasteiger partial charge in [0.1, 0.15) is 11.5 Å². The van der Waals surface area contributed by atoms with Crippen LogP contribution in [0.3, 0.4) is 0 Å². The quantitative estimate of drug-likeness (QED) is 0.846. The number of hydrogen-bond acceptors (Lipinski definition) is 4. The molecule has 0 heterocycles. The lowest BCUT2D eigenvalue weighted by molar-refractivity contribution is -0.138.